The molecule has 0 saturated carbocycles. The first kappa shape index (κ1) is 10.4. The third-order valence-electron chi connectivity index (χ3n) is 1.67. The predicted octanol–water partition coefficient (Wildman–Crippen LogP) is 3.12. The molecule has 0 saturated heterocycles. The Morgan fingerprint density at radius 2 is 2.40 bits per heavy atom. The van der Waals surface area contributed by atoms with Gasteiger partial charge in [0.2, 0.25) is 5.95 Å². The first-order valence-corrected chi connectivity index (χ1v) is 6.36. The second kappa shape index (κ2) is 5.14. The van der Waals surface area contributed by atoms with E-state index in [9.17, 15) is 0 Å². The molecule has 0 aliphatic carbocycles. The number of nitrogens with zero attached hydrogens (tertiary/aromatic N) is 2. The van der Waals surface area contributed by atoms with Crippen molar-refractivity contribution in [3.05, 3.63) is 29.8 Å². The van der Waals surface area contributed by atoms with Crippen LogP contribution in [0.2, 0.25) is 0 Å². The first-order valence-electron chi connectivity index (χ1n) is 4.67. The lowest BCUT2D eigenvalue weighted by Gasteiger charge is -2.02. The maximum absolute atomic E-state index is 4.38. The monoisotopic (exact) mass is 237 g/mol. The molecule has 78 valence electrons. The van der Waals surface area contributed by atoms with E-state index in [0.29, 0.717) is 5.95 Å². The van der Waals surface area contributed by atoms with Crippen LogP contribution >= 0.6 is 23.1 Å². The normalized spacial score (nSPS) is 10.2. The fourth-order valence-electron chi connectivity index (χ4n) is 1.07. The smallest absolute Gasteiger partial charge is 0.223 e. The van der Waals surface area contributed by atoms with Crippen LogP contribution in [0.3, 0.4) is 0 Å². The van der Waals surface area contributed by atoms with Gasteiger partial charge in [-0.3, -0.25) is 0 Å². The zero-order chi connectivity index (χ0) is 10.5. The van der Waals surface area contributed by atoms with Gasteiger partial charge in [-0.25, -0.2) is 9.97 Å². The summed E-state index contributed by atoms with van der Waals surface area (Å²) in [5.41, 5.74) is 0. The van der Waals surface area contributed by atoms with E-state index in [-0.39, 0.29) is 0 Å². The summed E-state index contributed by atoms with van der Waals surface area (Å²) in [7, 11) is 0. The fraction of sp³-hybridized carbons (Fsp3) is 0.200. The Bertz CT molecular complexity index is 414. The van der Waals surface area contributed by atoms with E-state index in [1.165, 1.54) is 4.21 Å². The number of rotatable bonds is 4. The van der Waals surface area contributed by atoms with Crippen LogP contribution in [0.5, 0.6) is 0 Å². The van der Waals surface area contributed by atoms with Gasteiger partial charge in [0, 0.05) is 12.7 Å². The topological polar surface area (TPSA) is 37.8 Å². The van der Waals surface area contributed by atoms with Crippen molar-refractivity contribution in [1.29, 1.82) is 0 Å². The van der Waals surface area contributed by atoms with Crippen LogP contribution in [0.25, 0.3) is 0 Å². The second-order valence-electron chi connectivity index (χ2n) is 2.78. The molecular formula is C10H11N3S2. The number of aromatic nitrogens is 2. The summed E-state index contributed by atoms with van der Waals surface area (Å²) in [5, 5.41) is 6.13. The lowest BCUT2D eigenvalue weighted by molar-refractivity contribution is 1.02. The highest BCUT2D eigenvalue weighted by Crippen LogP contribution is 2.29. The third-order valence-corrected chi connectivity index (χ3v) is 3.64. The summed E-state index contributed by atoms with van der Waals surface area (Å²) in [6.07, 6.45) is 1.78. The molecular weight excluding hydrogens is 226 g/mol. The van der Waals surface area contributed by atoms with Gasteiger partial charge < -0.3 is 5.32 Å². The van der Waals surface area contributed by atoms with E-state index in [1.54, 1.807) is 29.3 Å². The Labute approximate surface area is 97.0 Å². The zero-order valence-corrected chi connectivity index (χ0v) is 9.94. The van der Waals surface area contributed by atoms with Crippen LogP contribution in [0.1, 0.15) is 6.92 Å². The van der Waals surface area contributed by atoms with Crippen LogP contribution in [-0.2, 0) is 0 Å². The van der Waals surface area contributed by atoms with Gasteiger partial charge in [0.25, 0.3) is 0 Å². The zero-order valence-electron chi connectivity index (χ0n) is 8.30. The quantitative estimate of drug-likeness (QED) is 0.829. The minimum absolute atomic E-state index is 0.694. The van der Waals surface area contributed by atoms with Gasteiger partial charge in [0.1, 0.15) is 5.03 Å². The molecule has 0 radical (unpaired) electrons. The molecule has 0 atom stereocenters. The molecule has 0 bridgehead atoms. The van der Waals surface area contributed by atoms with Gasteiger partial charge in [-0.2, -0.15) is 0 Å². The highest BCUT2D eigenvalue weighted by atomic mass is 32.2. The summed E-state index contributed by atoms with van der Waals surface area (Å²) >= 11 is 3.38. The van der Waals surface area contributed by atoms with Crippen molar-refractivity contribution in [2.75, 3.05) is 11.9 Å². The summed E-state index contributed by atoms with van der Waals surface area (Å²) < 4.78 is 1.25. The standard InChI is InChI=1S/C10H11N3S2/c1-2-11-10-12-6-5-8(13-10)15-9-4-3-7-14-9/h3-7H,2H2,1H3,(H,11,12,13). The molecule has 15 heavy (non-hydrogen) atoms. The number of thiophene rings is 1. The molecule has 0 aliphatic rings. The van der Waals surface area contributed by atoms with Crippen molar-refractivity contribution in [3.63, 3.8) is 0 Å². The summed E-state index contributed by atoms with van der Waals surface area (Å²) in [6.45, 7) is 2.87. The SMILES string of the molecule is CCNc1nccc(Sc2cccs2)n1. The van der Waals surface area contributed by atoms with Crippen LogP contribution < -0.4 is 5.32 Å². The van der Waals surface area contributed by atoms with Gasteiger partial charge in [-0.1, -0.05) is 17.8 Å². The van der Waals surface area contributed by atoms with Crippen LogP contribution in [-0.4, -0.2) is 16.5 Å². The highest BCUT2D eigenvalue weighted by molar-refractivity contribution is 8.01. The van der Waals surface area contributed by atoms with Crippen molar-refractivity contribution >= 4 is 29.0 Å². The Hall–Kier alpha value is -1.07. The van der Waals surface area contributed by atoms with Crippen molar-refractivity contribution in [1.82, 2.24) is 9.97 Å². The Balaban J connectivity index is 2.11. The van der Waals surface area contributed by atoms with Crippen LogP contribution in [0.4, 0.5) is 5.95 Å². The van der Waals surface area contributed by atoms with Gasteiger partial charge in [0.05, 0.1) is 4.21 Å². The minimum atomic E-state index is 0.694. The third kappa shape index (κ3) is 2.94. The van der Waals surface area contributed by atoms with E-state index in [4.69, 9.17) is 0 Å². The molecule has 0 amide bonds. The summed E-state index contributed by atoms with van der Waals surface area (Å²) in [5.74, 6) is 0.694. The van der Waals surface area contributed by atoms with Crippen molar-refractivity contribution in [3.8, 4) is 0 Å². The van der Waals surface area contributed by atoms with Crippen molar-refractivity contribution in [2.45, 2.75) is 16.2 Å². The predicted molar refractivity (Wildman–Crippen MR) is 64.6 cm³/mol. The van der Waals surface area contributed by atoms with Crippen molar-refractivity contribution in [2.24, 2.45) is 0 Å². The first-order chi connectivity index (χ1) is 7.38. The number of nitrogens with one attached hydrogen (secondary N) is 1. The van der Waals surface area contributed by atoms with E-state index in [1.807, 2.05) is 19.1 Å². The van der Waals surface area contributed by atoms with E-state index in [0.717, 1.165) is 11.6 Å². The van der Waals surface area contributed by atoms with Crippen molar-refractivity contribution < 1.29 is 0 Å². The van der Waals surface area contributed by atoms with Gasteiger partial charge >= 0.3 is 0 Å². The highest BCUT2D eigenvalue weighted by Gasteiger charge is 2.01. The molecule has 0 spiro atoms. The average Bonchev–Trinajstić information content (AvgIpc) is 2.71. The van der Waals surface area contributed by atoms with Crippen LogP contribution in [0.15, 0.2) is 39.0 Å². The molecule has 0 unspecified atom stereocenters. The van der Waals surface area contributed by atoms with E-state index >= 15 is 0 Å². The number of hydrogen-bond acceptors (Lipinski definition) is 5. The van der Waals surface area contributed by atoms with E-state index < -0.39 is 0 Å². The Morgan fingerprint density at radius 1 is 1.47 bits per heavy atom. The molecule has 2 aromatic heterocycles. The molecule has 0 fully saturated rings. The Morgan fingerprint density at radius 3 is 3.13 bits per heavy atom. The molecule has 3 nitrogen and oxygen atoms in total. The molecule has 0 aromatic carbocycles. The average molecular weight is 237 g/mol. The molecule has 5 heteroatoms. The van der Waals surface area contributed by atoms with Crippen LogP contribution in [0, 0.1) is 0 Å². The largest absolute Gasteiger partial charge is 0.354 e. The fourth-order valence-corrected chi connectivity index (χ4v) is 2.74. The molecule has 0 aliphatic heterocycles. The Kier molecular flexibility index (Phi) is 3.58. The lowest BCUT2D eigenvalue weighted by Crippen LogP contribution is -2.01. The van der Waals surface area contributed by atoms with Gasteiger partial charge in [-0.15, -0.1) is 11.3 Å². The molecule has 2 heterocycles. The molecule has 1 N–H and O–H groups in total. The van der Waals surface area contributed by atoms with E-state index in [2.05, 4.69) is 26.7 Å². The number of hydrogen-bond donors (Lipinski definition) is 1. The second-order valence-corrected chi connectivity index (χ2v) is 5.05. The summed E-state index contributed by atoms with van der Waals surface area (Å²) in [6, 6.07) is 6.05. The maximum Gasteiger partial charge on any atom is 0.223 e. The number of anilines is 1. The molecule has 2 aromatic rings. The minimum Gasteiger partial charge on any atom is -0.354 e. The van der Waals surface area contributed by atoms with Gasteiger partial charge in [0.15, 0.2) is 0 Å². The summed E-state index contributed by atoms with van der Waals surface area (Å²) in [4.78, 5) is 8.51. The lowest BCUT2D eigenvalue weighted by atomic mass is 10.6. The maximum atomic E-state index is 4.38. The molecule has 2 rings (SSSR count). The van der Waals surface area contributed by atoms with Gasteiger partial charge in [-0.05, 0) is 24.4 Å².